The van der Waals surface area contributed by atoms with E-state index in [9.17, 15) is 9.90 Å². The zero-order chi connectivity index (χ0) is 13.7. The Hall–Kier alpha value is -1.31. The number of fused-ring (bicyclic) bond motifs is 1. The molecule has 2 rings (SSSR count). The maximum Gasteiger partial charge on any atom is 0.275 e. The number of thioether (sulfide) groups is 1. The lowest BCUT2D eigenvalue weighted by Gasteiger charge is -2.10. The lowest BCUT2D eigenvalue weighted by Crippen LogP contribution is -2.28. The van der Waals surface area contributed by atoms with Gasteiger partial charge in [-0.2, -0.15) is 11.8 Å². The second-order valence-electron chi connectivity index (χ2n) is 4.21. The van der Waals surface area contributed by atoms with Gasteiger partial charge in [-0.3, -0.25) is 4.79 Å². The first-order valence-electron chi connectivity index (χ1n) is 6.22. The Balaban J connectivity index is 1.92. The first-order chi connectivity index (χ1) is 9.22. The van der Waals surface area contributed by atoms with E-state index < -0.39 is 0 Å². The summed E-state index contributed by atoms with van der Waals surface area (Å²) in [7, 11) is 0. The van der Waals surface area contributed by atoms with Gasteiger partial charge in [-0.1, -0.05) is 6.92 Å². The lowest BCUT2D eigenvalue weighted by molar-refractivity contribution is 0.195. The molecule has 0 spiro atoms. The Morgan fingerprint density at radius 1 is 1.53 bits per heavy atom. The third-order valence-electron chi connectivity index (χ3n) is 2.76. The van der Waals surface area contributed by atoms with Gasteiger partial charge in [0.05, 0.1) is 17.9 Å². The topological polar surface area (TPSA) is 93.8 Å². The summed E-state index contributed by atoms with van der Waals surface area (Å²) in [5.41, 5.74) is 1.92. The van der Waals surface area contributed by atoms with Crippen molar-refractivity contribution < 1.29 is 5.11 Å². The van der Waals surface area contributed by atoms with Gasteiger partial charge in [-0.05, 0) is 5.75 Å². The predicted octanol–water partition coefficient (Wildman–Crippen LogP) is 0.455. The molecule has 1 atom stereocenters. The summed E-state index contributed by atoms with van der Waals surface area (Å²) in [6.45, 7) is 3.17. The number of nitrogens with zero attached hydrogens (tertiary/aromatic N) is 1. The normalized spacial score (nSPS) is 12.9. The SMILES string of the molecule is CCSC[C@H](O)CNCc1c[nH]c2c(=O)[nH]cnc12. The fraction of sp³-hybridized carbons (Fsp3) is 0.500. The molecule has 4 N–H and O–H groups in total. The van der Waals surface area contributed by atoms with Gasteiger partial charge in [0.1, 0.15) is 5.52 Å². The number of nitrogens with one attached hydrogen (secondary N) is 3. The molecule has 2 aromatic heterocycles. The summed E-state index contributed by atoms with van der Waals surface area (Å²) in [5.74, 6) is 1.74. The Morgan fingerprint density at radius 3 is 3.16 bits per heavy atom. The van der Waals surface area contributed by atoms with Crippen LogP contribution in [0, 0.1) is 0 Å². The molecule has 0 unspecified atom stereocenters. The Kier molecular flexibility index (Phi) is 5.00. The summed E-state index contributed by atoms with van der Waals surface area (Å²) in [4.78, 5) is 21.1. The van der Waals surface area contributed by atoms with Crippen LogP contribution >= 0.6 is 11.8 Å². The van der Waals surface area contributed by atoms with Crippen molar-refractivity contribution in [2.75, 3.05) is 18.1 Å². The molecule has 0 aromatic carbocycles. The number of aromatic amines is 2. The van der Waals surface area contributed by atoms with Crippen molar-refractivity contribution >= 4 is 22.8 Å². The molecule has 0 fully saturated rings. The maximum atomic E-state index is 11.5. The van der Waals surface area contributed by atoms with Gasteiger partial charge < -0.3 is 20.4 Å². The summed E-state index contributed by atoms with van der Waals surface area (Å²) in [6, 6.07) is 0. The van der Waals surface area contributed by atoms with E-state index in [0.717, 1.165) is 17.1 Å². The van der Waals surface area contributed by atoms with Gasteiger partial charge in [0, 0.05) is 30.6 Å². The standard InChI is InChI=1S/C12H18N4O2S/c1-2-19-6-9(17)5-13-3-8-4-14-11-10(8)15-7-16-12(11)18/h4,7,9,13-14,17H,2-3,5-6H2,1H3,(H,15,16,18)/t9-/m1/s1. The van der Waals surface area contributed by atoms with Crippen LogP contribution < -0.4 is 10.9 Å². The fourth-order valence-electron chi connectivity index (χ4n) is 1.83. The molecule has 0 aliphatic heterocycles. The zero-order valence-corrected chi connectivity index (χ0v) is 11.6. The van der Waals surface area contributed by atoms with E-state index in [4.69, 9.17) is 0 Å². The molecule has 0 saturated heterocycles. The minimum absolute atomic E-state index is 0.171. The smallest absolute Gasteiger partial charge is 0.275 e. The molecular formula is C12H18N4O2S. The van der Waals surface area contributed by atoms with Crippen molar-refractivity contribution in [2.45, 2.75) is 19.6 Å². The van der Waals surface area contributed by atoms with Crippen LogP contribution in [0.25, 0.3) is 11.0 Å². The van der Waals surface area contributed by atoms with Crippen LogP contribution in [0.3, 0.4) is 0 Å². The molecule has 0 aliphatic rings. The molecule has 2 heterocycles. The number of rotatable bonds is 7. The van der Waals surface area contributed by atoms with Crippen molar-refractivity contribution in [3.05, 3.63) is 28.4 Å². The van der Waals surface area contributed by atoms with Gasteiger partial charge >= 0.3 is 0 Å². The predicted molar refractivity (Wildman–Crippen MR) is 77.4 cm³/mol. The van der Waals surface area contributed by atoms with E-state index in [2.05, 4.69) is 27.2 Å². The van der Waals surface area contributed by atoms with E-state index >= 15 is 0 Å². The Labute approximate surface area is 115 Å². The molecule has 0 bridgehead atoms. The highest BCUT2D eigenvalue weighted by Crippen LogP contribution is 2.10. The molecule has 6 nitrogen and oxygen atoms in total. The number of aromatic nitrogens is 3. The van der Waals surface area contributed by atoms with Gasteiger partial charge in [0.15, 0.2) is 0 Å². The highest BCUT2D eigenvalue weighted by molar-refractivity contribution is 7.99. The summed E-state index contributed by atoms with van der Waals surface area (Å²) >= 11 is 1.71. The third-order valence-corrected chi connectivity index (χ3v) is 3.79. The average molecular weight is 282 g/mol. The monoisotopic (exact) mass is 282 g/mol. The van der Waals surface area contributed by atoms with E-state index in [1.807, 2.05) is 0 Å². The number of hydrogen-bond donors (Lipinski definition) is 4. The highest BCUT2D eigenvalue weighted by Gasteiger charge is 2.08. The lowest BCUT2D eigenvalue weighted by atomic mass is 10.3. The Morgan fingerprint density at radius 2 is 2.37 bits per heavy atom. The van der Waals surface area contributed by atoms with Crippen LogP contribution in [0.2, 0.25) is 0 Å². The fourth-order valence-corrected chi connectivity index (χ4v) is 2.45. The van der Waals surface area contributed by atoms with Crippen LogP contribution in [-0.2, 0) is 6.54 Å². The first-order valence-corrected chi connectivity index (χ1v) is 7.38. The van der Waals surface area contributed by atoms with Crippen molar-refractivity contribution in [3.63, 3.8) is 0 Å². The second-order valence-corrected chi connectivity index (χ2v) is 5.53. The summed E-state index contributed by atoms with van der Waals surface area (Å²) in [5, 5.41) is 12.9. The number of aliphatic hydroxyl groups is 1. The van der Waals surface area contributed by atoms with Crippen LogP contribution in [0.15, 0.2) is 17.3 Å². The van der Waals surface area contributed by atoms with Crippen LogP contribution in [0.1, 0.15) is 12.5 Å². The van der Waals surface area contributed by atoms with Gasteiger partial charge in [0.25, 0.3) is 5.56 Å². The summed E-state index contributed by atoms with van der Waals surface area (Å²) in [6.07, 6.45) is 2.81. The van der Waals surface area contributed by atoms with Crippen molar-refractivity contribution in [2.24, 2.45) is 0 Å². The number of aliphatic hydroxyl groups excluding tert-OH is 1. The molecule has 2 aromatic rings. The van der Waals surface area contributed by atoms with Crippen molar-refractivity contribution in [3.8, 4) is 0 Å². The van der Waals surface area contributed by atoms with E-state index in [0.29, 0.717) is 24.1 Å². The number of hydrogen-bond acceptors (Lipinski definition) is 5. The van der Waals surface area contributed by atoms with Crippen molar-refractivity contribution in [1.82, 2.24) is 20.3 Å². The molecule has 19 heavy (non-hydrogen) atoms. The second kappa shape index (κ2) is 6.74. The quantitative estimate of drug-likeness (QED) is 0.592. The van der Waals surface area contributed by atoms with E-state index in [-0.39, 0.29) is 11.7 Å². The average Bonchev–Trinajstić information content (AvgIpc) is 2.81. The molecule has 0 saturated carbocycles. The van der Waals surface area contributed by atoms with Crippen LogP contribution in [0.4, 0.5) is 0 Å². The maximum absolute atomic E-state index is 11.5. The minimum atomic E-state index is -0.355. The van der Waals surface area contributed by atoms with Crippen LogP contribution in [0.5, 0.6) is 0 Å². The van der Waals surface area contributed by atoms with Crippen LogP contribution in [-0.4, -0.2) is 44.2 Å². The minimum Gasteiger partial charge on any atom is -0.391 e. The zero-order valence-electron chi connectivity index (χ0n) is 10.8. The molecule has 104 valence electrons. The van der Waals surface area contributed by atoms with Gasteiger partial charge in [-0.25, -0.2) is 4.98 Å². The molecule has 0 radical (unpaired) electrons. The third kappa shape index (κ3) is 3.59. The highest BCUT2D eigenvalue weighted by atomic mass is 32.2. The van der Waals surface area contributed by atoms with E-state index in [1.54, 1.807) is 18.0 Å². The van der Waals surface area contributed by atoms with Crippen molar-refractivity contribution in [1.29, 1.82) is 0 Å². The molecule has 0 amide bonds. The summed E-state index contributed by atoms with van der Waals surface area (Å²) < 4.78 is 0. The molecule has 0 aliphatic carbocycles. The number of H-pyrrole nitrogens is 2. The first kappa shape index (κ1) is 14.1. The molecular weight excluding hydrogens is 264 g/mol. The van der Waals surface area contributed by atoms with Gasteiger partial charge in [-0.15, -0.1) is 0 Å². The van der Waals surface area contributed by atoms with Gasteiger partial charge in [0.2, 0.25) is 0 Å². The molecule has 7 heteroatoms. The largest absolute Gasteiger partial charge is 0.391 e. The van der Waals surface area contributed by atoms with E-state index in [1.165, 1.54) is 6.33 Å². The Bertz CT molecular complexity index is 580.